The zero-order chi connectivity index (χ0) is 70.4. The second-order valence-electron chi connectivity index (χ2n) is 27.7. The van der Waals surface area contributed by atoms with Crippen molar-refractivity contribution in [3.05, 3.63) is 0 Å². The van der Waals surface area contributed by atoms with Gasteiger partial charge in [0, 0.05) is 25.7 Å². The number of aliphatic hydroxyl groups is 1. The third-order valence-corrected chi connectivity index (χ3v) is 20.0. The number of carbonyl (C=O) groups is 4. The molecule has 17 nitrogen and oxygen atoms in total. The lowest BCUT2D eigenvalue weighted by Crippen LogP contribution is -2.30. The monoisotopic (exact) mass is 1410 g/mol. The van der Waals surface area contributed by atoms with Crippen molar-refractivity contribution in [2.45, 2.75) is 431 Å². The van der Waals surface area contributed by atoms with Gasteiger partial charge in [0.25, 0.3) is 0 Å². The first-order valence-electron chi connectivity index (χ1n) is 40.3. The second kappa shape index (κ2) is 71.5. The molecule has 0 aromatic carbocycles. The Morgan fingerprint density at radius 1 is 0.250 bits per heavy atom. The molecule has 0 rings (SSSR count). The zero-order valence-corrected chi connectivity index (χ0v) is 64.1. The van der Waals surface area contributed by atoms with Crippen LogP contribution in [-0.2, 0) is 65.4 Å². The van der Waals surface area contributed by atoms with E-state index < -0.39 is 97.5 Å². The van der Waals surface area contributed by atoms with Crippen molar-refractivity contribution < 1.29 is 80.2 Å². The number of carbonyl (C=O) groups excluding carboxylic acids is 4. The van der Waals surface area contributed by atoms with Crippen LogP contribution in [0.1, 0.15) is 413 Å². The van der Waals surface area contributed by atoms with Crippen LogP contribution < -0.4 is 0 Å². The van der Waals surface area contributed by atoms with Gasteiger partial charge < -0.3 is 33.8 Å². The fourth-order valence-corrected chi connectivity index (χ4v) is 13.5. The number of phosphoric ester groups is 2. The molecular weight excluding hydrogens is 1260 g/mol. The molecule has 0 bridgehead atoms. The molecule has 0 aromatic heterocycles. The van der Waals surface area contributed by atoms with E-state index in [4.69, 9.17) is 37.0 Å². The summed E-state index contributed by atoms with van der Waals surface area (Å²) in [6.07, 6.45) is 62.8. The maximum atomic E-state index is 13.1. The van der Waals surface area contributed by atoms with E-state index in [1.165, 1.54) is 238 Å². The van der Waals surface area contributed by atoms with Gasteiger partial charge in [0.15, 0.2) is 12.2 Å². The highest BCUT2D eigenvalue weighted by molar-refractivity contribution is 7.47. The summed E-state index contributed by atoms with van der Waals surface area (Å²) in [7, 11) is -9.90. The van der Waals surface area contributed by atoms with Crippen molar-refractivity contribution in [1.29, 1.82) is 0 Å². The van der Waals surface area contributed by atoms with Gasteiger partial charge in [-0.05, 0) is 25.7 Å². The fraction of sp³-hybridized carbons (Fsp3) is 0.948. The van der Waals surface area contributed by atoms with Crippen molar-refractivity contribution in [3.8, 4) is 0 Å². The lowest BCUT2D eigenvalue weighted by atomic mass is 10.0. The first kappa shape index (κ1) is 94.1. The molecule has 3 N–H and O–H groups in total. The molecule has 96 heavy (non-hydrogen) atoms. The molecule has 5 atom stereocenters. The average Bonchev–Trinajstić information content (AvgIpc) is 1.29. The van der Waals surface area contributed by atoms with Crippen molar-refractivity contribution in [1.82, 2.24) is 0 Å². The quantitative estimate of drug-likeness (QED) is 0.0222. The topological polar surface area (TPSA) is 237 Å². The van der Waals surface area contributed by atoms with Gasteiger partial charge in [0.05, 0.1) is 26.4 Å². The number of ether oxygens (including phenoxy) is 4. The fourth-order valence-electron chi connectivity index (χ4n) is 11.9. The summed E-state index contributed by atoms with van der Waals surface area (Å²) < 4.78 is 68.4. The first-order valence-corrected chi connectivity index (χ1v) is 43.3. The summed E-state index contributed by atoms with van der Waals surface area (Å²) in [5.74, 6) is -2.12. The average molecular weight is 1410 g/mol. The molecule has 570 valence electrons. The van der Waals surface area contributed by atoms with Crippen molar-refractivity contribution in [2.24, 2.45) is 0 Å². The van der Waals surface area contributed by atoms with Gasteiger partial charge in [0.1, 0.15) is 19.3 Å². The highest BCUT2D eigenvalue weighted by atomic mass is 31.2. The Kier molecular flexibility index (Phi) is 70.0. The zero-order valence-electron chi connectivity index (χ0n) is 62.4. The molecule has 0 amide bonds. The summed E-state index contributed by atoms with van der Waals surface area (Å²) in [6.45, 7) is 4.92. The predicted molar refractivity (Wildman–Crippen MR) is 391 cm³/mol. The molecule has 0 radical (unpaired) electrons. The molecule has 19 heteroatoms. The Morgan fingerprint density at radius 3 is 0.615 bits per heavy atom. The molecule has 0 aromatic rings. The Balaban J connectivity index is 5.13. The molecule has 0 saturated carbocycles. The standard InChI is InChI=1S/C77H150O17P2/c1-5-9-13-17-20-23-26-29-32-34-36-39-41-44-47-50-54-58-62-75(80)88-68-73(94-77(82)64-60-56-52-49-46-43-40-37-35-33-30-27-24-21-18-14-10-6-2)70-92-96(85,86)90-66-71(78)65-89-95(83,84)91-69-72(67-87-74(79)61-57-53-16-12-8-4)93-76(81)63-59-55-51-48-45-42-38-31-28-25-22-19-15-11-7-3/h71-73,78H,5-70H2,1-4H3,(H,83,84)(H,85,86)/t71-,72+,73+/m0/s1. The van der Waals surface area contributed by atoms with Crippen LogP contribution in [0.2, 0.25) is 0 Å². The molecule has 0 aliphatic heterocycles. The molecule has 0 fully saturated rings. The number of aliphatic hydroxyl groups excluding tert-OH is 1. The number of phosphoric acid groups is 2. The molecule has 0 saturated heterocycles. The van der Waals surface area contributed by atoms with Crippen LogP contribution >= 0.6 is 15.6 Å². The maximum absolute atomic E-state index is 13.1. The van der Waals surface area contributed by atoms with Crippen LogP contribution in [0.15, 0.2) is 0 Å². The van der Waals surface area contributed by atoms with Crippen LogP contribution in [0.4, 0.5) is 0 Å². The van der Waals surface area contributed by atoms with E-state index in [1.807, 2.05) is 0 Å². The van der Waals surface area contributed by atoms with E-state index >= 15 is 0 Å². The van der Waals surface area contributed by atoms with Crippen LogP contribution in [-0.4, -0.2) is 96.7 Å². The lowest BCUT2D eigenvalue weighted by Gasteiger charge is -2.21. The van der Waals surface area contributed by atoms with Gasteiger partial charge in [-0.1, -0.05) is 362 Å². The number of rotatable bonds is 78. The normalized spacial score (nSPS) is 13.9. The molecule has 2 unspecified atom stereocenters. The smallest absolute Gasteiger partial charge is 0.462 e. The van der Waals surface area contributed by atoms with Gasteiger partial charge in [-0.25, -0.2) is 9.13 Å². The first-order chi connectivity index (χ1) is 46.7. The Morgan fingerprint density at radius 2 is 0.417 bits per heavy atom. The Labute approximate surface area is 588 Å². The minimum absolute atomic E-state index is 0.108. The Hall–Kier alpha value is -1.94. The highest BCUT2D eigenvalue weighted by Gasteiger charge is 2.30. The summed E-state index contributed by atoms with van der Waals surface area (Å²) in [5, 5.41) is 10.6. The van der Waals surface area contributed by atoms with E-state index in [0.29, 0.717) is 25.7 Å². The van der Waals surface area contributed by atoms with Gasteiger partial charge in [-0.15, -0.1) is 0 Å². The van der Waals surface area contributed by atoms with Gasteiger partial charge in [-0.2, -0.15) is 0 Å². The third-order valence-electron chi connectivity index (χ3n) is 18.1. The summed E-state index contributed by atoms with van der Waals surface area (Å²) >= 11 is 0. The molecule has 0 aliphatic carbocycles. The van der Waals surface area contributed by atoms with E-state index in [-0.39, 0.29) is 25.7 Å². The number of unbranched alkanes of at least 4 members (excludes halogenated alkanes) is 52. The van der Waals surface area contributed by atoms with E-state index in [0.717, 1.165) is 96.3 Å². The van der Waals surface area contributed by atoms with Crippen LogP contribution in [0.25, 0.3) is 0 Å². The SMILES string of the molecule is CCCCCCCCCCCCCCCCCCCCC(=O)OC[C@H](COP(=O)(O)OC[C@@H](O)COP(=O)(O)OC[C@@H](COC(=O)CCCCCCC)OC(=O)CCCCCCCCCCCCCCCCC)OC(=O)CCCCCCCCCCCCCCCCCCCC. The third kappa shape index (κ3) is 70.5. The number of hydrogen-bond donors (Lipinski definition) is 3. The van der Waals surface area contributed by atoms with E-state index in [1.54, 1.807) is 0 Å². The van der Waals surface area contributed by atoms with E-state index in [2.05, 4.69) is 27.7 Å². The van der Waals surface area contributed by atoms with Crippen LogP contribution in [0, 0.1) is 0 Å². The minimum Gasteiger partial charge on any atom is -0.462 e. The summed E-state index contributed by atoms with van der Waals surface area (Å²) in [4.78, 5) is 72.6. The van der Waals surface area contributed by atoms with Gasteiger partial charge in [-0.3, -0.25) is 37.3 Å². The van der Waals surface area contributed by atoms with Crippen molar-refractivity contribution in [2.75, 3.05) is 39.6 Å². The highest BCUT2D eigenvalue weighted by Crippen LogP contribution is 2.45. The van der Waals surface area contributed by atoms with Gasteiger partial charge in [0.2, 0.25) is 0 Å². The number of esters is 4. The number of hydrogen-bond acceptors (Lipinski definition) is 15. The van der Waals surface area contributed by atoms with Crippen molar-refractivity contribution in [3.63, 3.8) is 0 Å². The Bertz CT molecular complexity index is 1830. The van der Waals surface area contributed by atoms with Crippen molar-refractivity contribution >= 4 is 39.5 Å². The molecule has 0 heterocycles. The largest absolute Gasteiger partial charge is 0.472 e. The summed E-state index contributed by atoms with van der Waals surface area (Å²) in [5.41, 5.74) is 0. The minimum atomic E-state index is -4.96. The van der Waals surface area contributed by atoms with Gasteiger partial charge >= 0.3 is 39.5 Å². The predicted octanol–water partition coefficient (Wildman–Crippen LogP) is 23.0. The molecule has 0 spiro atoms. The van der Waals surface area contributed by atoms with Crippen LogP contribution in [0.5, 0.6) is 0 Å². The second-order valence-corrected chi connectivity index (χ2v) is 30.7. The lowest BCUT2D eigenvalue weighted by molar-refractivity contribution is -0.161. The molecular formula is C77H150O17P2. The molecule has 0 aliphatic rings. The van der Waals surface area contributed by atoms with Crippen LogP contribution in [0.3, 0.4) is 0 Å². The van der Waals surface area contributed by atoms with E-state index in [9.17, 15) is 43.2 Å². The summed E-state index contributed by atoms with van der Waals surface area (Å²) in [6, 6.07) is 0. The maximum Gasteiger partial charge on any atom is 0.472 e.